The molecule has 2 heterocycles. The number of imide groups is 1. The number of carbonyl (C=O) groups is 11. The molecule has 3 rings (SSSR count). The number of nitrogens with zero attached hydrogens (tertiary/aromatic N) is 1. The Hall–Kier alpha value is -6.83. The summed E-state index contributed by atoms with van der Waals surface area (Å²) in [6.07, 6.45) is 1.58. The van der Waals surface area contributed by atoms with E-state index >= 15 is 0 Å². The van der Waals surface area contributed by atoms with Crippen molar-refractivity contribution in [2.45, 2.75) is 146 Å². The van der Waals surface area contributed by atoms with Crippen LogP contribution in [-0.4, -0.2) is 166 Å². The summed E-state index contributed by atoms with van der Waals surface area (Å²) in [4.78, 5) is 143. The number of nitrogens with two attached hydrogens (primary N) is 1. The molecule has 1 unspecified atom stereocenters. The van der Waals surface area contributed by atoms with Crippen molar-refractivity contribution in [3.8, 4) is 5.75 Å². The second-order valence-corrected chi connectivity index (χ2v) is 19.4. The summed E-state index contributed by atoms with van der Waals surface area (Å²) >= 11 is 1.16. The van der Waals surface area contributed by atoms with Crippen molar-refractivity contribution in [2.75, 3.05) is 38.5 Å². The SMILES string of the molecule is CC(=O)[C@H](CCCCNC(=O)CCN1C(=O)CC(SCCC(=O)NCCCC[C@@H]2NC(=O)[C@H](CCCNC(=N)N)NC(=O)CNC(=O)[C@H](CC(=O)O)NC(=O)[C@H](Cc3ccc(O)cc3)NC2=O)C1=O)NC(C)C. The number of likely N-dealkylation sites (tertiary alicyclic amines) is 1. The number of guanidine groups is 1. The van der Waals surface area contributed by atoms with E-state index in [2.05, 4.69) is 47.9 Å². The summed E-state index contributed by atoms with van der Waals surface area (Å²) in [5, 5.41) is 49.8. The first kappa shape index (κ1) is 60.5. The van der Waals surface area contributed by atoms with Crippen molar-refractivity contribution in [1.82, 2.24) is 52.8 Å². The highest BCUT2D eigenvalue weighted by Gasteiger charge is 2.39. The normalized spacial score (nSPS) is 20.4. The maximum absolute atomic E-state index is 14.1. The molecular weight excluding hydrogens is 973 g/mol. The lowest BCUT2D eigenvalue weighted by Crippen LogP contribution is -2.58. The Morgan fingerprint density at radius 1 is 0.767 bits per heavy atom. The van der Waals surface area contributed by atoms with Gasteiger partial charge in [-0.1, -0.05) is 26.0 Å². The van der Waals surface area contributed by atoms with Crippen LogP contribution >= 0.6 is 11.8 Å². The summed E-state index contributed by atoms with van der Waals surface area (Å²) in [6.45, 7) is 5.39. The monoisotopic (exact) mass is 1040 g/mol. The topological polar surface area (TPSA) is 390 Å². The minimum atomic E-state index is -1.68. The third kappa shape index (κ3) is 23.1. The molecule has 0 aliphatic carbocycles. The van der Waals surface area contributed by atoms with E-state index in [1.165, 1.54) is 24.3 Å². The van der Waals surface area contributed by atoms with Crippen LogP contribution in [0.4, 0.5) is 0 Å². The van der Waals surface area contributed by atoms with Gasteiger partial charge in [-0.3, -0.25) is 63.0 Å². The molecule has 0 aromatic heterocycles. The van der Waals surface area contributed by atoms with E-state index in [1.54, 1.807) is 6.92 Å². The minimum absolute atomic E-state index is 0.0122. The van der Waals surface area contributed by atoms with E-state index in [9.17, 15) is 63.0 Å². The van der Waals surface area contributed by atoms with Crippen LogP contribution in [0.5, 0.6) is 5.75 Å². The highest BCUT2D eigenvalue weighted by atomic mass is 32.2. The maximum Gasteiger partial charge on any atom is 0.305 e. The predicted octanol–water partition coefficient (Wildman–Crippen LogP) is -2.09. The van der Waals surface area contributed by atoms with Crippen molar-refractivity contribution in [3.05, 3.63) is 29.8 Å². The van der Waals surface area contributed by atoms with Gasteiger partial charge >= 0.3 is 5.97 Å². The lowest BCUT2D eigenvalue weighted by atomic mass is 10.0. The van der Waals surface area contributed by atoms with Gasteiger partial charge in [0.15, 0.2) is 5.96 Å². The predicted molar refractivity (Wildman–Crippen MR) is 267 cm³/mol. The van der Waals surface area contributed by atoms with E-state index in [4.69, 9.17) is 11.1 Å². The Morgan fingerprint density at radius 3 is 1.97 bits per heavy atom. The van der Waals surface area contributed by atoms with Gasteiger partial charge in [0, 0.05) is 63.7 Å². The van der Waals surface area contributed by atoms with Gasteiger partial charge in [0.25, 0.3) is 0 Å². The Bertz CT molecular complexity index is 2130. The zero-order valence-corrected chi connectivity index (χ0v) is 42.4. The maximum atomic E-state index is 14.1. The molecule has 25 nitrogen and oxygen atoms in total. The van der Waals surface area contributed by atoms with Gasteiger partial charge < -0.3 is 63.8 Å². The van der Waals surface area contributed by atoms with Crippen molar-refractivity contribution in [1.29, 1.82) is 5.41 Å². The first-order valence-corrected chi connectivity index (χ1v) is 25.5. The molecule has 0 saturated carbocycles. The van der Waals surface area contributed by atoms with Crippen LogP contribution in [0.2, 0.25) is 0 Å². The van der Waals surface area contributed by atoms with Gasteiger partial charge in [0.1, 0.15) is 35.7 Å². The average molecular weight is 1050 g/mol. The quantitative estimate of drug-likeness (QED) is 0.0185. The van der Waals surface area contributed by atoms with Gasteiger partial charge in [0.05, 0.1) is 24.3 Å². The Kier molecular flexibility index (Phi) is 26.2. The summed E-state index contributed by atoms with van der Waals surface area (Å²) in [5.41, 5.74) is 5.83. The highest BCUT2D eigenvalue weighted by Crippen LogP contribution is 2.26. The van der Waals surface area contributed by atoms with Crippen molar-refractivity contribution in [3.63, 3.8) is 0 Å². The van der Waals surface area contributed by atoms with E-state index in [0.717, 1.165) is 23.1 Å². The molecule has 0 radical (unpaired) electrons. The lowest BCUT2D eigenvalue weighted by Gasteiger charge is -2.26. The number of phenolic OH excluding ortho intramolecular Hbond substituents is 1. The molecule has 2 saturated heterocycles. The molecule has 404 valence electrons. The second-order valence-electron chi connectivity index (χ2n) is 18.1. The number of phenols is 1. The molecule has 2 aliphatic rings. The largest absolute Gasteiger partial charge is 0.508 e. The van der Waals surface area contributed by atoms with Crippen LogP contribution < -0.4 is 53.6 Å². The first-order chi connectivity index (χ1) is 34.6. The van der Waals surface area contributed by atoms with Crippen molar-refractivity contribution >= 4 is 82.6 Å². The van der Waals surface area contributed by atoms with Crippen LogP contribution in [0.1, 0.15) is 103 Å². The number of rotatable bonds is 28. The Labute approximate surface area is 428 Å². The number of amides is 9. The number of carboxylic acid groups (broad SMARTS) is 1. The zero-order chi connectivity index (χ0) is 54.0. The van der Waals surface area contributed by atoms with E-state index in [1.807, 2.05) is 13.8 Å². The third-order valence-electron chi connectivity index (χ3n) is 11.6. The number of unbranched alkanes of at least 4 members (excludes halogenated alkanes) is 2. The van der Waals surface area contributed by atoms with Gasteiger partial charge in [-0.25, -0.2) is 0 Å². The fourth-order valence-electron chi connectivity index (χ4n) is 7.79. The molecule has 9 amide bonds. The number of carbonyl (C=O) groups excluding carboxylic acids is 10. The number of hydrogen-bond donors (Lipinski definition) is 13. The van der Waals surface area contributed by atoms with Gasteiger partial charge in [-0.05, 0) is 76.0 Å². The molecule has 26 heteroatoms. The number of Topliss-reactive ketones (excluding diaryl/α,β-unsaturated/α-hetero) is 1. The number of aliphatic carboxylic acids is 1. The molecule has 0 bridgehead atoms. The number of thioether (sulfide) groups is 1. The first-order valence-electron chi connectivity index (χ1n) is 24.4. The Balaban J connectivity index is 1.58. The molecule has 1 aromatic rings. The molecule has 2 fully saturated rings. The minimum Gasteiger partial charge on any atom is -0.508 e. The second kappa shape index (κ2) is 31.6. The van der Waals surface area contributed by atoms with E-state index < -0.39 is 89.7 Å². The third-order valence-corrected chi connectivity index (χ3v) is 12.8. The van der Waals surface area contributed by atoms with Gasteiger partial charge in [-0.15, -0.1) is 11.8 Å². The molecular formula is C47H72N12O13S. The standard InChI is InChI=1S/C47H72N12O13S/c1-27(2)54-31(28(3)60)9-4-6-18-50-37(62)16-21-59-40(65)25-36(46(59)72)73-22-17-38(63)51-19-7-5-10-33-44(70)57-34(23-29-12-14-30(61)15-13-29)45(71)58-35(24-41(66)67)42(68)53-26-39(64)55-32(43(69)56-33)11-8-20-52-47(48)49/h12-15,27,31-36,54,61H,4-11,16-26H2,1-3H3,(H,50,62)(H,51,63)(H,53,68)(H,55,64)(H,56,69)(H,57,70)(H,58,71)(H,66,67)(H4,48,49,52)/t31-,32-,33-,34-,35-,36?/m0/s1. The van der Waals surface area contributed by atoms with Gasteiger partial charge in [-0.2, -0.15) is 0 Å². The van der Waals surface area contributed by atoms with Gasteiger partial charge in [0.2, 0.25) is 53.2 Å². The summed E-state index contributed by atoms with van der Waals surface area (Å²) in [6, 6.07) is -0.102. The Morgan fingerprint density at radius 2 is 1.34 bits per heavy atom. The fraction of sp³-hybridized carbons (Fsp3) is 0.617. The summed E-state index contributed by atoms with van der Waals surface area (Å²) in [7, 11) is 0. The molecule has 14 N–H and O–H groups in total. The van der Waals surface area contributed by atoms with Crippen LogP contribution in [0.25, 0.3) is 0 Å². The number of aromatic hydroxyl groups is 1. The smallest absolute Gasteiger partial charge is 0.305 e. The van der Waals surface area contributed by atoms with Crippen LogP contribution in [0.15, 0.2) is 24.3 Å². The number of benzene rings is 1. The fourth-order valence-corrected chi connectivity index (χ4v) is 8.91. The van der Waals surface area contributed by atoms with E-state index in [0.29, 0.717) is 31.4 Å². The summed E-state index contributed by atoms with van der Waals surface area (Å²) in [5.74, 6) is -7.51. The molecule has 73 heavy (non-hydrogen) atoms. The highest BCUT2D eigenvalue weighted by molar-refractivity contribution is 8.00. The lowest BCUT2D eigenvalue weighted by molar-refractivity contribution is -0.141. The summed E-state index contributed by atoms with van der Waals surface area (Å²) < 4.78 is 0. The average Bonchev–Trinajstić information content (AvgIpc) is 3.59. The molecule has 2 aliphatic heterocycles. The van der Waals surface area contributed by atoms with Crippen LogP contribution in [-0.2, 0) is 59.2 Å². The van der Waals surface area contributed by atoms with Crippen LogP contribution in [0, 0.1) is 5.41 Å². The zero-order valence-electron chi connectivity index (χ0n) is 41.6. The number of hydrogen-bond acceptors (Lipinski definition) is 15. The molecule has 0 spiro atoms. The number of ketones is 1. The number of nitrogens with one attached hydrogen (secondary N) is 10. The molecule has 1 aromatic carbocycles. The number of carboxylic acids is 1. The van der Waals surface area contributed by atoms with Crippen molar-refractivity contribution < 1.29 is 63.0 Å². The van der Waals surface area contributed by atoms with Crippen molar-refractivity contribution in [2.24, 2.45) is 5.73 Å². The van der Waals surface area contributed by atoms with Crippen LogP contribution in [0.3, 0.4) is 0 Å². The van der Waals surface area contributed by atoms with E-state index in [-0.39, 0.29) is 118 Å². The molecule has 6 atom stereocenters.